The van der Waals surface area contributed by atoms with E-state index in [0.717, 1.165) is 0 Å². The summed E-state index contributed by atoms with van der Waals surface area (Å²) in [5, 5.41) is 0. The molecule has 1 atom stereocenters. The lowest BCUT2D eigenvalue weighted by Crippen LogP contribution is -1.70. The lowest BCUT2D eigenvalue weighted by molar-refractivity contribution is 0.689. The summed E-state index contributed by atoms with van der Waals surface area (Å²) in [7, 11) is 0. The van der Waals surface area contributed by atoms with E-state index >= 15 is 0 Å². The standard InChI is InChI=1S/CH4INOS/c1-5(2,3)4/h3H,1H3. The zero-order chi connectivity index (χ0) is 4.50. The van der Waals surface area contributed by atoms with Gasteiger partial charge in [-0.3, -0.25) is 0 Å². The van der Waals surface area contributed by atoms with Gasteiger partial charge in [0, 0.05) is 27.5 Å². The van der Waals surface area contributed by atoms with Gasteiger partial charge in [0.25, 0.3) is 0 Å². The van der Waals surface area contributed by atoms with Crippen molar-refractivity contribution in [1.29, 1.82) is 4.78 Å². The van der Waals surface area contributed by atoms with E-state index in [1.165, 1.54) is 6.26 Å². The fourth-order valence-corrected chi connectivity index (χ4v) is 0. The molecule has 4 heteroatoms. The van der Waals surface area contributed by atoms with Gasteiger partial charge in [-0.25, -0.2) is 8.99 Å². The van der Waals surface area contributed by atoms with Crippen LogP contribution in [-0.4, -0.2) is 10.5 Å². The smallest absolute Gasteiger partial charge is 0.0961 e. The first-order chi connectivity index (χ1) is 2.00. The zero-order valence-corrected chi connectivity index (χ0v) is 5.67. The van der Waals surface area contributed by atoms with Crippen LogP contribution in [-0.2, 0) is 6.90 Å². The van der Waals surface area contributed by atoms with Gasteiger partial charge >= 0.3 is 0 Å². The Morgan fingerprint density at radius 2 is 2.00 bits per heavy atom. The third-order valence-electron chi connectivity index (χ3n) is 0. The number of hydrogen-bond donors (Lipinski definition) is 1. The van der Waals surface area contributed by atoms with Crippen molar-refractivity contribution in [2.24, 2.45) is 0 Å². The maximum Gasteiger partial charge on any atom is 0.0961 e. The number of nitrogens with one attached hydrogen (secondary N) is 1. The Balaban J connectivity index is 4.06. The maximum atomic E-state index is 9.84. The summed E-state index contributed by atoms with van der Waals surface area (Å²) in [6, 6.07) is 0. The predicted molar refractivity (Wildman–Crippen MR) is 30.8 cm³/mol. The van der Waals surface area contributed by atoms with E-state index in [9.17, 15) is 4.21 Å². The molecule has 0 aromatic rings. The van der Waals surface area contributed by atoms with Crippen LogP contribution in [0.5, 0.6) is 0 Å². The van der Waals surface area contributed by atoms with Crippen molar-refractivity contribution in [3.05, 3.63) is 0 Å². The molecule has 1 unspecified atom stereocenters. The second-order valence-electron chi connectivity index (χ2n) is 0.749. The third kappa shape index (κ3) is 72.7. The summed E-state index contributed by atoms with van der Waals surface area (Å²) in [5.74, 6) is 0. The molecule has 0 aliphatic heterocycles. The monoisotopic (exact) mass is 205 g/mol. The molecule has 0 rings (SSSR count). The Bertz CT molecular complexity index is 94.8. The first kappa shape index (κ1) is 5.68. The minimum atomic E-state index is -2.20. The fraction of sp³-hybridized carbons (Fsp3) is 1.00. The highest BCUT2D eigenvalue weighted by atomic mass is 127. The molecule has 0 heterocycles. The molecule has 2 nitrogen and oxygen atoms in total. The van der Waals surface area contributed by atoms with Gasteiger partial charge in [-0.05, 0) is 0 Å². The zero-order valence-electron chi connectivity index (χ0n) is 2.69. The Hall–Kier alpha value is 0.680. The first-order valence-corrected chi connectivity index (χ1v) is 5.44. The van der Waals surface area contributed by atoms with Crippen molar-refractivity contribution in [2.75, 3.05) is 6.26 Å². The van der Waals surface area contributed by atoms with Crippen LogP contribution in [0, 0.1) is 4.78 Å². The van der Waals surface area contributed by atoms with Gasteiger partial charge in [-0.1, -0.05) is 0 Å². The van der Waals surface area contributed by atoms with Crippen LogP contribution in [0.1, 0.15) is 0 Å². The molecule has 1 N–H and O–H groups in total. The van der Waals surface area contributed by atoms with Crippen molar-refractivity contribution in [2.45, 2.75) is 0 Å². The van der Waals surface area contributed by atoms with Crippen LogP contribution in [0.25, 0.3) is 0 Å². The Kier molecular flexibility index (Phi) is 1.61. The van der Waals surface area contributed by atoms with E-state index in [-0.39, 0.29) is 0 Å². The van der Waals surface area contributed by atoms with Crippen LogP contribution < -0.4 is 0 Å². The minimum absolute atomic E-state index is 1.37. The lowest BCUT2D eigenvalue weighted by Gasteiger charge is -1.72. The normalized spacial score (nSPS) is 21.2. The van der Waals surface area contributed by atoms with Crippen molar-refractivity contribution in [3.63, 3.8) is 0 Å². The average Bonchev–Trinajstić information content (AvgIpc) is 0.722. The summed E-state index contributed by atoms with van der Waals surface area (Å²) in [6.45, 7) is -2.20. The Morgan fingerprint density at radius 3 is 2.00 bits per heavy atom. The van der Waals surface area contributed by atoms with Crippen LogP contribution >= 0.6 is 21.2 Å². The molecule has 0 saturated carbocycles. The highest BCUT2D eigenvalue weighted by Gasteiger charge is 1.76. The molecule has 32 valence electrons. The second-order valence-corrected chi connectivity index (χ2v) is 7.29. The molecule has 5 heavy (non-hydrogen) atoms. The van der Waals surface area contributed by atoms with Crippen molar-refractivity contribution >= 4 is 28.1 Å². The highest BCUT2D eigenvalue weighted by molar-refractivity contribution is 14.2. The molecule has 0 aromatic carbocycles. The van der Waals surface area contributed by atoms with Crippen LogP contribution in [0.3, 0.4) is 0 Å². The second kappa shape index (κ2) is 1.42. The van der Waals surface area contributed by atoms with Crippen molar-refractivity contribution in [1.82, 2.24) is 0 Å². The molecule has 0 amide bonds. The van der Waals surface area contributed by atoms with Crippen molar-refractivity contribution in [3.8, 4) is 0 Å². The van der Waals surface area contributed by atoms with E-state index in [1.54, 1.807) is 21.2 Å². The van der Waals surface area contributed by atoms with Crippen LogP contribution in [0.2, 0.25) is 0 Å². The van der Waals surface area contributed by atoms with Gasteiger partial charge in [-0.15, -0.1) is 0 Å². The van der Waals surface area contributed by atoms with Gasteiger partial charge in [-0.2, -0.15) is 0 Å². The lowest BCUT2D eigenvalue weighted by atomic mass is 12.0. The predicted octanol–water partition coefficient (Wildman–Crippen LogP) is 1.01. The van der Waals surface area contributed by atoms with Gasteiger partial charge < -0.3 is 0 Å². The van der Waals surface area contributed by atoms with Crippen molar-refractivity contribution < 1.29 is 4.21 Å². The van der Waals surface area contributed by atoms with E-state index < -0.39 is 6.90 Å². The molecule has 0 aromatic heterocycles. The SMILES string of the molecule is CS(=N)(=O)I. The highest BCUT2D eigenvalue weighted by Crippen LogP contribution is 1.93. The summed E-state index contributed by atoms with van der Waals surface area (Å²) in [6.07, 6.45) is 1.37. The fourth-order valence-electron chi connectivity index (χ4n) is 0. The van der Waals surface area contributed by atoms with Gasteiger partial charge in [0.05, 0.1) is 6.90 Å². The Morgan fingerprint density at radius 1 is 2.00 bits per heavy atom. The third-order valence-corrected chi connectivity index (χ3v) is 0. The molecule has 0 bridgehead atoms. The molecule has 0 fully saturated rings. The maximum absolute atomic E-state index is 9.84. The van der Waals surface area contributed by atoms with Crippen LogP contribution in [0.4, 0.5) is 0 Å². The largest absolute Gasteiger partial charge is 0.245 e. The van der Waals surface area contributed by atoms with E-state index in [1.807, 2.05) is 0 Å². The van der Waals surface area contributed by atoms with E-state index in [4.69, 9.17) is 4.78 Å². The van der Waals surface area contributed by atoms with Gasteiger partial charge in [0.1, 0.15) is 0 Å². The minimum Gasteiger partial charge on any atom is -0.245 e. The van der Waals surface area contributed by atoms with Gasteiger partial charge in [0.2, 0.25) is 0 Å². The summed E-state index contributed by atoms with van der Waals surface area (Å²) in [4.78, 5) is 0. The van der Waals surface area contributed by atoms with Gasteiger partial charge in [0.15, 0.2) is 0 Å². The topological polar surface area (TPSA) is 40.9 Å². The molecule has 0 radical (unpaired) electrons. The first-order valence-electron chi connectivity index (χ1n) is 0.933. The average molecular weight is 205 g/mol. The number of hydrogen-bond acceptors (Lipinski definition) is 2. The summed E-state index contributed by atoms with van der Waals surface area (Å²) >= 11 is 1.57. The van der Waals surface area contributed by atoms with E-state index in [2.05, 4.69) is 0 Å². The molecule has 0 saturated heterocycles. The van der Waals surface area contributed by atoms with E-state index in [0.29, 0.717) is 0 Å². The molecule has 0 aliphatic carbocycles. The molecular weight excluding hydrogens is 201 g/mol. The molecular formula is CH4INOS. The summed E-state index contributed by atoms with van der Waals surface area (Å²) < 4.78 is 16.3. The Labute approximate surface area is 43.5 Å². The quantitative estimate of drug-likeness (QED) is 0.465. The number of halogens is 1. The molecule has 0 spiro atoms. The van der Waals surface area contributed by atoms with Crippen LogP contribution in [0.15, 0.2) is 0 Å². The molecule has 0 aliphatic rings. The number of rotatable bonds is 0. The summed E-state index contributed by atoms with van der Waals surface area (Å²) in [5.41, 5.74) is 0.